The molecule has 1 N–H and O–H groups in total. The maximum atomic E-state index is 12.5. The van der Waals surface area contributed by atoms with Gasteiger partial charge >= 0.3 is 6.01 Å². The second-order valence-corrected chi connectivity index (χ2v) is 9.08. The van der Waals surface area contributed by atoms with Crippen molar-refractivity contribution in [2.24, 2.45) is 0 Å². The van der Waals surface area contributed by atoms with Crippen LogP contribution >= 0.6 is 11.6 Å². The fourth-order valence-electron chi connectivity index (χ4n) is 2.73. The van der Waals surface area contributed by atoms with Gasteiger partial charge in [-0.3, -0.25) is 10.1 Å². The standard InChI is InChI=1S/C19H17ClN4O4S/c1-24(15-8-9-15)29(26,27)16-10-4-12(5-11-16)17(25)21-19-23-22-18(28-19)13-2-6-14(20)7-3-13/h2-7,10-11,15H,8-9H2,1H3,(H,21,23,25). The third-order valence-corrected chi connectivity index (χ3v) is 6.77. The Morgan fingerprint density at radius 2 is 1.76 bits per heavy atom. The number of aromatic nitrogens is 2. The van der Waals surface area contributed by atoms with Crippen molar-refractivity contribution in [2.75, 3.05) is 12.4 Å². The second kappa shape index (κ2) is 7.58. The van der Waals surface area contributed by atoms with E-state index in [1.165, 1.54) is 28.6 Å². The lowest BCUT2D eigenvalue weighted by Gasteiger charge is -2.16. The topological polar surface area (TPSA) is 105 Å². The third-order valence-electron chi connectivity index (χ3n) is 4.59. The van der Waals surface area contributed by atoms with Crippen LogP contribution in [0.1, 0.15) is 23.2 Å². The van der Waals surface area contributed by atoms with Gasteiger partial charge in [0.25, 0.3) is 5.91 Å². The average Bonchev–Trinajstić information content (AvgIpc) is 3.47. The summed E-state index contributed by atoms with van der Waals surface area (Å²) in [5.41, 5.74) is 0.931. The van der Waals surface area contributed by atoms with Gasteiger partial charge in [0.05, 0.1) is 4.90 Å². The highest BCUT2D eigenvalue weighted by molar-refractivity contribution is 7.89. The SMILES string of the molecule is CN(C1CC1)S(=O)(=O)c1ccc(C(=O)Nc2nnc(-c3ccc(Cl)cc3)o2)cc1. The van der Waals surface area contributed by atoms with Crippen molar-refractivity contribution in [2.45, 2.75) is 23.8 Å². The molecule has 0 bridgehead atoms. The molecule has 2 aromatic carbocycles. The van der Waals surface area contributed by atoms with E-state index in [1.54, 1.807) is 31.3 Å². The van der Waals surface area contributed by atoms with Crippen molar-refractivity contribution in [3.8, 4) is 11.5 Å². The summed E-state index contributed by atoms with van der Waals surface area (Å²) in [5, 5.41) is 10.8. The van der Waals surface area contributed by atoms with Crippen molar-refractivity contribution >= 4 is 33.5 Å². The summed E-state index contributed by atoms with van der Waals surface area (Å²) >= 11 is 5.85. The number of amides is 1. The average molecular weight is 433 g/mol. The zero-order valence-corrected chi connectivity index (χ0v) is 16.9. The van der Waals surface area contributed by atoms with Gasteiger partial charge in [0.2, 0.25) is 15.9 Å². The third kappa shape index (κ3) is 4.16. The quantitative estimate of drug-likeness (QED) is 0.639. The van der Waals surface area contributed by atoms with E-state index in [4.69, 9.17) is 16.0 Å². The van der Waals surface area contributed by atoms with Crippen LogP contribution in [0.5, 0.6) is 0 Å². The van der Waals surface area contributed by atoms with E-state index in [0.717, 1.165) is 12.8 Å². The number of benzene rings is 2. The highest BCUT2D eigenvalue weighted by atomic mass is 35.5. The smallest absolute Gasteiger partial charge is 0.322 e. The molecule has 0 unspecified atom stereocenters. The maximum Gasteiger partial charge on any atom is 0.322 e. The van der Waals surface area contributed by atoms with Crippen LogP contribution in [-0.2, 0) is 10.0 Å². The Bertz CT molecular complexity index is 1140. The number of sulfonamides is 1. The molecule has 10 heteroatoms. The molecule has 1 aliphatic rings. The van der Waals surface area contributed by atoms with E-state index in [1.807, 2.05) is 0 Å². The van der Waals surface area contributed by atoms with Gasteiger partial charge in [-0.15, -0.1) is 5.10 Å². The van der Waals surface area contributed by atoms with Gasteiger partial charge in [0.1, 0.15) is 0 Å². The van der Waals surface area contributed by atoms with Crippen molar-refractivity contribution < 1.29 is 17.6 Å². The lowest BCUT2D eigenvalue weighted by atomic mass is 10.2. The first-order valence-corrected chi connectivity index (χ1v) is 10.7. The van der Waals surface area contributed by atoms with Crippen molar-refractivity contribution in [1.82, 2.24) is 14.5 Å². The Hall–Kier alpha value is -2.75. The Kier molecular flexibility index (Phi) is 5.12. The summed E-state index contributed by atoms with van der Waals surface area (Å²) in [7, 11) is -1.99. The van der Waals surface area contributed by atoms with Gasteiger partial charge in [0, 0.05) is 29.2 Å². The molecule has 1 aromatic heterocycles. The van der Waals surface area contributed by atoms with Gasteiger partial charge in [0.15, 0.2) is 0 Å². The largest absolute Gasteiger partial charge is 0.403 e. The molecule has 1 saturated carbocycles. The Labute approximate surface area is 172 Å². The maximum absolute atomic E-state index is 12.5. The van der Waals surface area contributed by atoms with Crippen LogP contribution in [0.15, 0.2) is 57.8 Å². The first-order valence-electron chi connectivity index (χ1n) is 8.83. The Balaban J connectivity index is 1.46. The van der Waals surface area contributed by atoms with Crippen LogP contribution < -0.4 is 5.32 Å². The predicted molar refractivity (Wildman–Crippen MR) is 107 cm³/mol. The summed E-state index contributed by atoms with van der Waals surface area (Å²) in [4.78, 5) is 12.5. The fraction of sp³-hybridized carbons (Fsp3) is 0.211. The van der Waals surface area contributed by atoms with Gasteiger partial charge in [-0.1, -0.05) is 16.7 Å². The van der Waals surface area contributed by atoms with E-state index in [0.29, 0.717) is 10.6 Å². The van der Waals surface area contributed by atoms with Gasteiger partial charge in [-0.05, 0) is 61.4 Å². The van der Waals surface area contributed by atoms with E-state index < -0.39 is 15.9 Å². The van der Waals surface area contributed by atoms with Crippen molar-refractivity contribution in [3.05, 3.63) is 59.1 Å². The molecule has 0 saturated heterocycles. The summed E-state index contributed by atoms with van der Waals surface area (Å²) in [6, 6.07) is 12.5. The minimum Gasteiger partial charge on any atom is -0.403 e. The molecular formula is C19H17ClN4O4S. The second-order valence-electron chi connectivity index (χ2n) is 6.65. The highest BCUT2D eigenvalue weighted by Gasteiger charge is 2.35. The zero-order chi connectivity index (χ0) is 20.6. The summed E-state index contributed by atoms with van der Waals surface area (Å²) in [6.07, 6.45) is 1.75. The van der Waals surface area contributed by atoms with Crippen LogP contribution in [-0.4, -0.2) is 41.9 Å². The van der Waals surface area contributed by atoms with Crippen LogP contribution in [0, 0.1) is 0 Å². The number of hydrogen-bond donors (Lipinski definition) is 1. The van der Waals surface area contributed by atoms with Crippen LogP contribution in [0.2, 0.25) is 5.02 Å². The monoisotopic (exact) mass is 432 g/mol. The number of carbonyl (C=O) groups is 1. The molecule has 8 nitrogen and oxygen atoms in total. The zero-order valence-electron chi connectivity index (χ0n) is 15.4. The highest BCUT2D eigenvalue weighted by Crippen LogP contribution is 2.30. The molecule has 0 atom stereocenters. The number of anilines is 1. The summed E-state index contributed by atoms with van der Waals surface area (Å²) in [5.74, 6) is -0.252. The molecule has 0 radical (unpaired) electrons. The van der Waals surface area contributed by atoms with Crippen molar-refractivity contribution in [1.29, 1.82) is 0 Å². The molecule has 1 amide bonds. The van der Waals surface area contributed by atoms with E-state index in [9.17, 15) is 13.2 Å². The minimum atomic E-state index is -3.56. The molecule has 0 spiro atoms. The molecule has 0 aliphatic heterocycles. The number of halogens is 1. The van der Waals surface area contributed by atoms with Crippen LogP contribution in [0.3, 0.4) is 0 Å². The molecule has 1 fully saturated rings. The van der Waals surface area contributed by atoms with E-state index >= 15 is 0 Å². The van der Waals surface area contributed by atoms with E-state index in [2.05, 4.69) is 15.5 Å². The number of nitrogens with one attached hydrogen (secondary N) is 1. The van der Waals surface area contributed by atoms with Gasteiger partial charge in [-0.25, -0.2) is 8.42 Å². The first-order chi connectivity index (χ1) is 13.8. The number of carbonyl (C=O) groups excluding carboxylic acids is 1. The summed E-state index contributed by atoms with van der Waals surface area (Å²) in [6.45, 7) is 0. The van der Waals surface area contributed by atoms with Crippen LogP contribution in [0.25, 0.3) is 11.5 Å². The normalized spacial score (nSPS) is 14.2. The lowest BCUT2D eigenvalue weighted by Crippen LogP contribution is -2.29. The first kappa shape index (κ1) is 19.6. The molecule has 29 heavy (non-hydrogen) atoms. The molecule has 1 heterocycles. The van der Waals surface area contributed by atoms with Gasteiger partial charge in [-0.2, -0.15) is 4.31 Å². The van der Waals surface area contributed by atoms with Crippen LogP contribution in [0.4, 0.5) is 6.01 Å². The molecule has 3 aromatic rings. The molecule has 4 rings (SSSR count). The molecule has 1 aliphatic carbocycles. The summed E-state index contributed by atoms with van der Waals surface area (Å²) < 4.78 is 31.9. The predicted octanol–water partition coefficient (Wildman–Crippen LogP) is 3.43. The fourth-order valence-corrected chi connectivity index (χ4v) is 4.27. The number of hydrogen-bond acceptors (Lipinski definition) is 6. The number of nitrogens with zero attached hydrogens (tertiary/aromatic N) is 3. The lowest BCUT2D eigenvalue weighted by molar-refractivity contribution is 0.102. The van der Waals surface area contributed by atoms with Gasteiger partial charge < -0.3 is 4.42 Å². The number of rotatable bonds is 6. The Morgan fingerprint density at radius 3 is 2.38 bits per heavy atom. The minimum absolute atomic E-state index is 0.0647. The van der Waals surface area contributed by atoms with E-state index in [-0.39, 0.29) is 28.4 Å². The van der Waals surface area contributed by atoms with Crippen molar-refractivity contribution in [3.63, 3.8) is 0 Å². The Morgan fingerprint density at radius 1 is 1.10 bits per heavy atom. The molecule has 150 valence electrons. The molecular weight excluding hydrogens is 416 g/mol.